The molecule has 0 aliphatic heterocycles. The van der Waals surface area contributed by atoms with Gasteiger partial charge in [-0.25, -0.2) is 5.43 Å². The van der Waals surface area contributed by atoms with Crippen molar-refractivity contribution in [3.8, 4) is 5.75 Å². The lowest BCUT2D eigenvalue weighted by Crippen LogP contribution is -2.30. The number of rotatable bonds is 4. The van der Waals surface area contributed by atoms with Gasteiger partial charge in [0.25, 0.3) is 0 Å². The van der Waals surface area contributed by atoms with Gasteiger partial charge in [0, 0.05) is 5.56 Å². The first-order valence-electron chi connectivity index (χ1n) is 5.56. The van der Waals surface area contributed by atoms with Crippen LogP contribution in [0.5, 0.6) is 5.75 Å². The molecule has 0 bridgehead atoms. The van der Waals surface area contributed by atoms with Crippen LogP contribution in [0.4, 0.5) is 0 Å². The molecule has 96 valence electrons. The third-order valence-corrected chi connectivity index (χ3v) is 3.33. The molecule has 1 aromatic carbocycles. The van der Waals surface area contributed by atoms with Crippen LogP contribution >= 0.6 is 11.7 Å². The fourth-order valence-corrected chi connectivity index (χ4v) is 2.54. The molecule has 0 fully saturated rings. The van der Waals surface area contributed by atoms with Gasteiger partial charge in [-0.2, -0.15) is 8.75 Å². The standard InChI is InChI=1S/C12H16N4OS/c1-7-4-8(2)11(10(5-7)17-3)12(15-13)9-6-14-18-16-9/h4-6,12,15H,13H2,1-3H3. The number of aryl methyl sites for hydroxylation is 2. The van der Waals surface area contributed by atoms with Gasteiger partial charge in [-0.3, -0.25) is 5.84 Å². The Bertz CT molecular complexity index is 527. The third-order valence-electron chi connectivity index (χ3n) is 2.84. The van der Waals surface area contributed by atoms with Crippen molar-refractivity contribution in [2.45, 2.75) is 19.9 Å². The lowest BCUT2D eigenvalue weighted by atomic mass is 9.96. The minimum absolute atomic E-state index is 0.209. The first-order valence-corrected chi connectivity index (χ1v) is 6.29. The zero-order chi connectivity index (χ0) is 13.1. The third kappa shape index (κ3) is 2.35. The van der Waals surface area contributed by atoms with Crippen LogP contribution in [0.25, 0.3) is 0 Å². The van der Waals surface area contributed by atoms with Gasteiger partial charge in [-0.05, 0) is 31.0 Å². The van der Waals surface area contributed by atoms with Crippen LogP contribution in [-0.2, 0) is 0 Å². The van der Waals surface area contributed by atoms with Crippen molar-refractivity contribution in [1.82, 2.24) is 14.2 Å². The fraction of sp³-hybridized carbons (Fsp3) is 0.333. The minimum Gasteiger partial charge on any atom is -0.496 e. The van der Waals surface area contributed by atoms with Crippen molar-refractivity contribution >= 4 is 11.7 Å². The number of nitrogens with zero attached hydrogens (tertiary/aromatic N) is 2. The lowest BCUT2D eigenvalue weighted by molar-refractivity contribution is 0.403. The number of aromatic nitrogens is 2. The van der Waals surface area contributed by atoms with E-state index >= 15 is 0 Å². The molecular formula is C12H16N4OS. The van der Waals surface area contributed by atoms with Gasteiger partial charge in [0.05, 0.1) is 36.8 Å². The van der Waals surface area contributed by atoms with Crippen molar-refractivity contribution in [3.63, 3.8) is 0 Å². The number of nitrogens with two attached hydrogens (primary N) is 1. The molecule has 0 radical (unpaired) electrons. The van der Waals surface area contributed by atoms with E-state index < -0.39 is 0 Å². The first kappa shape index (κ1) is 12.9. The molecule has 1 atom stereocenters. The van der Waals surface area contributed by atoms with E-state index in [4.69, 9.17) is 10.6 Å². The van der Waals surface area contributed by atoms with Crippen LogP contribution in [0.15, 0.2) is 18.3 Å². The lowest BCUT2D eigenvalue weighted by Gasteiger charge is -2.20. The quantitative estimate of drug-likeness (QED) is 0.649. The summed E-state index contributed by atoms with van der Waals surface area (Å²) in [4.78, 5) is 0. The zero-order valence-electron chi connectivity index (χ0n) is 10.6. The Labute approximate surface area is 110 Å². The minimum atomic E-state index is -0.209. The molecule has 1 aromatic heterocycles. The predicted molar refractivity (Wildman–Crippen MR) is 71.5 cm³/mol. The Morgan fingerprint density at radius 1 is 1.39 bits per heavy atom. The highest BCUT2D eigenvalue weighted by Gasteiger charge is 2.21. The summed E-state index contributed by atoms with van der Waals surface area (Å²) >= 11 is 1.16. The molecule has 0 saturated carbocycles. The van der Waals surface area contributed by atoms with Crippen molar-refractivity contribution in [2.75, 3.05) is 7.11 Å². The number of hydrogen-bond acceptors (Lipinski definition) is 6. The molecule has 1 heterocycles. The molecule has 0 aliphatic rings. The summed E-state index contributed by atoms with van der Waals surface area (Å²) in [5.41, 5.74) is 6.84. The van der Waals surface area contributed by atoms with Gasteiger partial charge in [0.15, 0.2) is 0 Å². The molecule has 2 rings (SSSR count). The van der Waals surface area contributed by atoms with Gasteiger partial charge >= 0.3 is 0 Å². The van der Waals surface area contributed by atoms with Crippen LogP contribution in [0.1, 0.15) is 28.4 Å². The molecule has 3 N–H and O–H groups in total. The molecule has 1 unspecified atom stereocenters. The summed E-state index contributed by atoms with van der Waals surface area (Å²) in [7, 11) is 1.66. The first-order chi connectivity index (χ1) is 8.67. The number of methoxy groups -OCH3 is 1. The smallest absolute Gasteiger partial charge is 0.124 e. The number of benzene rings is 1. The second kappa shape index (κ2) is 5.43. The van der Waals surface area contributed by atoms with Gasteiger partial charge in [-0.15, -0.1) is 0 Å². The van der Waals surface area contributed by atoms with Crippen LogP contribution in [0.3, 0.4) is 0 Å². The van der Waals surface area contributed by atoms with Crippen molar-refractivity contribution in [2.24, 2.45) is 5.84 Å². The van der Waals surface area contributed by atoms with Crippen molar-refractivity contribution < 1.29 is 4.74 Å². The number of hydrazine groups is 1. The summed E-state index contributed by atoms with van der Waals surface area (Å²) in [5, 5.41) is 0. The molecule has 6 heteroatoms. The summed E-state index contributed by atoms with van der Waals surface area (Å²) in [6, 6.07) is 3.88. The van der Waals surface area contributed by atoms with Crippen LogP contribution < -0.4 is 16.0 Å². The van der Waals surface area contributed by atoms with E-state index in [0.717, 1.165) is 39.9 Å². The van der Waals surface area contributed by atoms with Crippen LogP contribution in [0.2, 0.25) is 0 Å². The molecule has 5 nitrogen and oxygen atoms in total. The molecular weight excluding hydrogens is 248 g/mol. The van der Waals surface area contributed by atoms with Gasteiger partial charge in [0.2, 0.25) is 0 Å². The average Bonchev–Trinajstić information content (AvgIpc) is 2.85. The van der Waals surface area contributed by atoms with Crippen molar-refractivity contribution in [3.05, 3.63) is 40.7 Å². The Kier molecular flexibility index (Phi) is 3.90. The molecule has 0 amide bonds. The van der Waals surface area contributed by atoms with Crippen LogP contribution in [0, 0.1) is 13.8 Å². The Hall–Kier alpha value is -1.50. The normalized spacial score (nSPS) is 12.4. The SMILES string of the molecule is COc1cc(C)cc(C)c1C(NN)c1cnsn1. The molecule has 0 saturated heterocycles. The van der Waals surface area contributed by atoms with E-state index in [0.29, 0.717) is 0 Å². The zero-order valence-corrected chi connectivity index (χ0v) is 11.4. The summed E-state index contributed by atoms with van der Waals surface area (Å²) < 4.78 is 13.7. The largest absolute Gasteiger partial charge is 0.496 e. The topological polar surface area (TPSA) is 73.1 Å². The monoisotopic (exact) mass is 264 g/mol. The molecule has 2 aromatic rings. The summed E-state index contributed by atoms with van der Waals surface area (Å²) in [6.45, 7) is 4.07. The summed E-state index contributed by atoms with van der Waals surface area (Å²) in [5.74, 6) is 6.47. The number of hydrogen-bond donors (Lipinski definition) is 2. The van der Waals surface area contributed by atoms with E-state index in [9.17, 15) is 0 Å². The maximum atomic E-state index is 5.66. The highest BCUT2D eigenvalue weighted by Crippen LogP contribution is 2.32. The molecule has 18 heavy (non-hydrogen) atoms. The fourth-order valence-electron chi connectivity index (χ4n) is 2.09. The van der Waals surface area contributed by atoms with E-state index in [2.05, 4.69) is 20.2 Å². The molecule has 0 spiro atoms. The van der Waals surface area contributed by atoms with E-state index in [1.807, 2.05) is 19.9 Å². The second-order valence-electron chi connectivity index (χ2n) is 4.13. The average molecular weight is 264 g/mol. The van der Waals surface area contributed by atoms with Gasteiger partial charge in [0.1, 0.15) is 5.75 Å². The van der Waals surface area contributed by atoms with E-state index in [-0.39, 0.29) is 6.04 Å². The Morgan fingerprint density at radius 2 is 2.17 bits per heavy atom. The number of nitrogens with one attached hydrogen (secondary N) is 1. The van der Waals surface area contributed by atoms with E-state index in [1.54, 1.807) is 13.3 Å². The highest BCUT2D eigenvalue weighted by atomic mass is 32.1. The van der Waals surface area contributed by atoms with Crippen molar-refractivity contribution in [1.29, 1.82) is 0 Å². The maximum absolute atomic E-state index is 5.66. The highest BCUT2D eigenvalue weighted by molar-refractivity contribution is 6.99. The maximum Gasteiger partial charge on any atom is 0.124 e. The Morgan fingerprint density at radius 3 is 2.72 bits per heavy atom. The van der Waals surface area contributed by atoms with E-state index in [1.165, 1.54) is 0 Å². The Balaban J connectivity index is 2.55. The summed E-state index contributed by atoms with van der Waals surface area (Å²) in [6.07, 6.45) is 1.72. The van der Waals surface area contributed by atoms with Crippen LogP contribution in [-0.4, -0.2) is 15.9 Å². The number of ether oxygens (including phenoxy) is 1. The molecule has 0 aliphatic carbocycles. The van der Waals surface area contributed by atoms with Gasteiger partial charge in [-0.1, -0.05) is 6.07 Å². The van der Waals surface area contributed by atoms with Gasteiger partial charge < -0.3 is 4.74 Å². The second-order valence-corrected chi connectivity index (χ2v) is 4.69. The predicted octanol–water partition coefficient (Wildman–Crippen LogP) is 1.72.